The molecular weight excluding hydrogens is 344 g/mol. The Balaban J connectivity index is 1.48. The van der Waals surface area contributed by atoms with Crippen LogP contribution in [0.25, 0.3) is 0 Å². The van der Waals surface area contributed by atoms with Crippen molar-refractivity contribution in [2.75, 3.05) is 18.4 Å². The standard InChI is InChI=1S/C20H28N4OS/c1-14-21-18(26-23-14)22-19(25)24-11-9-16(10-12-24)13-15-5-7-17(8-6-15)20(2,3)4/h5-8,16H,9-13H2,1-4H3,(H,21,22,23,25). The fourth-order valence-corrected chi connectivity index (χ4v) is 3.90. The van der Waals surface area contributed by atoms with Crippen LogP contribution in [-0.4, -0.2) is 33.4 Å². The number of nitrogens with zero attached hydrogens (tertiary/aromatic N) is 3. The molecule has 2 aromatic rings. The summed E-state index contributed by atoms with van der Waals surface area (Å²) < 4.78 is 4.09. The molecule has 0 aliphatic carbocycles. The van der Waals surface area contributed by atoms with E-state index in [1.165, 1.54) is 22.7 Å². The van der Waals surface area contributed by atoms with Gasteiger partial charge in [0.1, 0.15) is 5.82 Å². The Morgan fingerprint density at radius 1 is 1.23 bits per heavy atom. The average molecular weight is 373 g/mol. The van der Waals surface area contributed by atoms with Gasteiger partial charge in [0.05, 0.1) is 0 Å². The minimum Gasteiger partial charge on any atom is -0.324 e. The number of carbonyl (C=O) groups is 1. The number of aromatic nitrogens is 2. The minimum atomic E-state index is -0.0610. The third kappa shape index (κ3) is 4.81. The second kappa shape index (κ2) is 7.74. The molecule has 0 radical (unpaired) electrons. The molecule has 6 heteroatoms. The summed E-state index contributed by atoms with van der Waals surface area (Å²) in [7, 11) is 0. The predicted molar refractivity (Wildman–Crippen MR) is 107 cm³/mol. The number of rotatable bonds is 3. The van der Waals surface area contributed by atoms with Crippen molar-refractivity contribution in [2.24, 2.45) is 5.92 Å². The van der Waals surface area contributed by atoms with Crippen molar-refractivity contribution in [3.8, 4) is 0 Å². The molecule has 0 saturated carbocycles. The first-order valence-electron chi connectivity index (χ1n) is 9.27. The third-order valence-electron chi connectivity index (χ3n) is 4.99. The summed E-state index contributed by atoms with van der Waals surface area (Å²) in [6.07, 6.45) is 3.18. The van der Waals surface area contributed by atoms with Crippen LogP contribution in [0, 0.1) is 12.8 Å². The van der Waals surface area contributed by atoms with E-state index >= 15 is 0 Å². The maximum absolute atomic E-state index is 12.3. The number of amides is 2. The molecule has 1 aliphatic heterocycles. The molecule has 0 bridgehead atoms. The number of benzene rings is 1. The number of hydrogen-bond acceptors (Lipinski definition) is 4. The molecule has 5 nitrogen and oxygen atoms in total. The maximum atomic E-state index is 12.3. The van der Waals surface area contributed by atoms with Crippen LogP contribution in [0.1, 0.15) is 50.6 Å². The molecule has 2 amide bonds. The second-order valence-electron chi connectivity index (χ2n) is 8.16. The maximum Gasteiger partial charge on any atom is 0.323 e. The molecule has 1 saturated heterocycles. The van der Waals surface area contributed by atoms with Gasteiger partial charge < -0.3 is 4.90 Å². The first kappa shape index (κ1) is 18.8. The first-order chi connectivity index (χ1) is 12.3. The molecule has 26 heavy (non-hydrogen) atoms. The smallest absolute Gasteiger partial charge is 0.323 e. The lowest BCUT2D eigenvalue weighted by Gasteiger charge is -2.32. The molecule has 2 heterocycles. The molecule has 1 aliphatic rings. The zero-order valence-electron chi connectivity index (χ0n) is 16.1. The molecule has 1 N–H and O–H groups in total. The van der Waals surface area contributed by atoms with Crippen LogP contribution in [0.15, 0.2) is 24.3 Å². The van der Waals surface area contributed by atoms with E-state index in [9.17, 15) is 4.79 Å². The SMILES string of the molecule is Cc1nsc(NC(=O)N2CCC(Cc3ccc(C(C)(C)C)cc3)CC2)n1. The van der Waals surface area contributed by atoms with Crippen molar-refractivity contribution >= 4 is 22.7 Å². The van der Waals surface area contributed by atoms with Crippen LogP contribution in [0.2, 0.25) is 0 Å². The number of aryl methyl sites for hydroxylation is 1. The van der Waals surface area contributed by atoms with Crippen molar-refractivity contribution in [3.05, 3.63) is 41.2 Å². The number of carbonyl (C=O) groups excluding carboxylic acids is 1. The van der Waals surface area contributed by atoms with E-state index in [1.54, 1.807) is 0 Å². The Hall–Kier alpha value is -1.95. The number of urea groups is 1. The second-order valence-corrected chi connectivity index (χ2v) is 8.91. The van der Waals surface area contributed by atoms with Crippen LogP contribution < -0.4 is 5.32 Å². The van der Waals surface area contributed by atoms with Gasteiger partial charge in [-0.15, -0.1) is 0 Å². The van der Waals surface area contributed by atoms with Gasteiger partial charge >= 0.3 is 6.03 Å². The zero-order valence-corrected chi connectivity index (χ0v) is 16.9. The molecule has 1 fully saturated rings. The average Bonchev–Trinajstić information content (AvgIpc) is 3.00. The van der Waals surface area contributed by atoms with Gasteiger partial charge in [-0.3, -0.25) is 5.32 Å². The number of likely N-dealkylation sites (tertiary alicyclic amines) is 1. The molecule has 1 aromatic carbocycles. The number of piperidine rings is 1. The van der Waals surface area contributed by atoms with Crippen LogP contribution >= 0.6 is 11.5 Å². The monoisotopic (exact) mass is 372 g/mol. The van der Waals surface area contributed by atoms with Crippen molar-refractivity contribution in [2.45, 2.75) is 52.4 Å². The van der Waals surface area contributed by atoms with E-state index in [-0.39, 0.29) is 11.4 Å². The Morgan fingerprint density at radius 2 is 1.88 bits per heavy atom. The summed E-state index contributed by atoms with van der Waals surface area (Å²) in [4.78, 5) is 18.4. The van der Waals surface area contributed by atoms with Gasteiger partial charge in [-0.1, -0.05) is 45.0 Å². The molecule has 3 rings (SSSR count). The van der Waals surface area contributed by atoms with E-state index in [0.29, 0.717) is 16.9 Å². The Labute approximate surface area is 160 Å². The highest BCUT2D eigenvalue weighted by atomic mass is 32.1. The molecule has 0 unspecified atom stereocenters. The summed E-state index contributed by atoms with van der Waals surface area (Å²) in [5.74, 6) is 1.34. The van der Waals surface area contributed by atoms with Gasteiger partial charge in [-0.25, -0.2) is 9.78 Å². The van der Waals surface area contributed by atoms with Crippen LogP contribution in [-0.2, 0) is 11.8 Å². The first-order valence-corrected chi connectivity index (χ1v) is 10.0. The van der Waals surface area contributed by atoms with Crippen molar-refractivity contribution < 1.29 is 4.79 Å². The lowest BCUT2D eigenvalue weighted by Crippen LogP contribution is -2.41. The fraction of sp³-hybridized carbons (Fsp3) is 0.550. The van der Waals surface area contributed by atoms with E-state index in [4.69, 9.17) is 0 Å². The normalized spacial score (nSPS) is 15.9. The predicted octanol–water partition coefficient (Wildman–Crippen LogP) is 4.63. The van der Waals surface area contributed by atoms with E-state index < -0.39 is 0 Å². The van der Waals surface area contributed by atoms with E-state index in [2.05, 4.69) is 59.7 Å². The van der Waals surface area contributed by atoms with Crippen molar-refractivity contribution in [1.29, 1.82) is 0 Å². The third-order valence-corrected chi connectivity index (χ3v) is 5.71. The highest BCUT2D eigenvalue weighted by Crippen LogP contribution is 2.25. The molecule has 0 spiro atoms. The molecular formula is C20H28N4OS. The van der Waals surface area contributed by atoms with Crippen LogP contribution in [0.4, 0.5) is 9.93 Å². The van der Waals surface area contributed by atoms with Crippen LogP contribution in [0.5, 0.6) is 0 Å². The van der Waals surface area contributed by atoms with E-state index in [0.717, 1.165) is 32.4 Å². The molecule has 140 valence electrons. The summed E-state index contributed by atoms with van der Waals surface area (Å²) >= 11 is 1.23. The lowest BCUT2D eigenvalue weighted by molar-refractivity contribution is 0.182. The van der Waals surface area contributed by atoms with Crippen molar-refractivity contribution in [1.82, 2.24) is 14.3 Å². The van der Waals surface area contributed by atoms with Gasteiger partial charge in [-0.2, -0.15) is 4.37 Å². The van der Waals surface area contributed by atoms with Gasteiger partial charge in [0.15, 0.2) is 0 Å². The Morgan fingerprint density at radius 3 is 2.42 bits per heavy atom. The largest absolute Gasteiger partial charge is 0.324 e. The lowest BCUT2D eigenvalue weighted by atomic mass is 9.85. The zero-order chi connectivity index (χ0) is 18.7. The van der Waals surface area contributed by atoms with Gasteiger partial charge in [0.25, 0.3) is 0 Å². The van der Waals surface area contributed by atoms with Crippen molar-refractivity contribution in [3.63, 3.8) is 0 Å². The molecule has 0 atom stereocenters. The molecule has 1 aromatic heterocycles. The minimum absolute atomic E-state index is 0.0610. The highest BCUT2D eigenvalue weighted by molar-refractivity contribution is 7.09. The Bertz CT molecular complexity index is 740. The quantitative estimate of drug-likeness (QED) is 0.854. The van der Waals surface area contributed by atoms with E-state index in [1.807, 2.05) is 11.8 Å². The summed E-state index contributed by atoms with van der Waals surface area (Å²) in [5, 5.41) is 3.43. The van der Waals surface area contributed by atoms with Gasteiger partial charge in [0.2, 0.25) is 5.13 Å². The van der Waals surface area contributed by atoms with Gasteiger partial charge in [0, 0.05) is 24.6 Å². The van der Waals surface area contributed by atoms with Crippen LogP contribution in [0.3, 0.4) is 0 Å². The number of nitrogens with one attached hydrogen (secondary N) is 1. The summed E-state index contributed by atoms with van der Waals surface area (Å²) in [6.45, 7) is 10.2. The summed E-state index contributed by atoms with van der Waals surface area (Å²) in [6, 6.07) is 8.97. The number of anilines is 1. The van der Waals surface area contributed by atoms with Gasteiger partial charge in [-0.05, 0) is 48.6 Å². The summed E-state index contributed by atoms with van der Waals surface area (Å²) in [5.41, 5.74) is 2.97. The highest BCUT2D eigenvalue weighted by Gasteiger charge is 2.24. The topological polar surface area (TPSA) is 58.1 Å². The Kier molecular flexibility index (Phi) is 5.61. The fourth-order valence-electron chi connectivity index (χ4n) is 3.33. The number of hydrogen-bond donors (Lipinski definition) is 1.